The summed E-state index contributed by atoms with van der Waals surface area (Å²) >= 11 is 0. The van der Waals surface area contributed by atoms with Gasteiger partial charge in [0, 0.05) is 36.6 Å². The van der Waals surface area contributed by atoms with Gasteiger partial charge in [-0.25, -0.2) is 0 Å². The van der Waals surface area contributed by atoms with Gasteiger partial charge in [0.2, 0.25) is 5.78 Å². The summed E-state index contributed by atoms with van der Waals surface area (Å²) in [5, 5.41) is 0. The van der Waals surface area contributed by atoms with Crippen molar-refractivity contribution >= 4 is 11.9 Å². The quantitative estimate of drug-likeness (QED) is 0.546. The van der Waals surface area contributed by atoms with Gasteiger partial charge < -0.3 is 14.2 Å². The number of carbonyl (C=O) groups excluding carboxylic acids is 1. The molecule has 0 unspecified atom stereocenters. The molecular weight excluding hydrogens is 404 g/mol. The van der Waals surface area contributed by atoms with Crippen LogP contribution >= 0.6 is 0 Å². The number of hydrogen-bond acceptors (Lipinski definition) is 6. The fourth-order valence-electron chi connectivity index (χ4n) is 4.12. The lowest BCUT2D eigenvalue weighted by Gasteiger charge is -2.30. The van der Waals surface area contributed by atoms with Crippen LogP contribution in [0.2, 0.25) is 0 Å². The second-order valence-corrected chi connectivity index (χ2v) is 7.92. The van der Waals surface area contributed by atoms with E-state index in [-0.39, 0.29) is 5.78 Å². The summed E-state index contributed by atoms with van der Waals surface area (Å²) < 4.78 is 17.6. The molecule has 6 nitrogen and oxygen atoms in total. The Morgan fingerprint density at radius 3 is 2.66 bits per heavy atom. The molecule has 0 saturated heterocycles. The third kappa shape index (κ3) is 3.85. The molecule has 2 aliphatic heterocycles. The molecule has 0 spiro atoms. The lowest BCUT2D eigenvalue weighted by atomic mass is 10.00. The molecule has 0 bridgehead atoms. The van der Waals surface area contributed by atoms with Crippen LogP contribution in [-0.2, 0) is 13.1 Å². The minimum atomic E-state index is -0.106. The van der Waals surface area contributed by atoms with Gasteiger partial charge in [0.25, 0.3) is 0 Å². The molecule has 162 valence electrons. The van der Waals surface area contributed by atoms with Gasteiger partial charge in [-0.05, 0) is 61.4 Å². The number of allylic oxidation sites excluding steroid dienone is 1. The Labute approximate surface area is 187 Å². The minimum Gasteiger partial charge on any atom is -0.494 e. The number of benzene rings is 2. The van der Waals surface area contributed by atoms with Crippen LogP contribution in [0, 0.1) is 6.92 Å². The van der Waals surface area contributed by atoms with Crippen LogP contribution in [0.3, 0.4) is 0 Å². The average Bonchev–Trinajstić information content (AvgIpc) is 3.12. The predicted molar refractivity (Wildman–Crippen MR) is 121 cm³/mol. The first-order valence-electron chi connectivity index (χ1n) is 10.7. The van der Waals surface area contributed by atoms with Crippen LogP contribution in [0.1, 0.15) is 39.5 Å². The fraction of sp³-hybridized carbons (Fsp3) is 0.231. The maximum absolute atomic E-state index is 13.1. The first-order chi connectivity index (χ1) is 15.6. The average molecular weight is 428 g/mol. The van der Waals surface area contributed by atoms with Gasteiger partial charge in [-0.2, -0.15) is 0 Å². The van der Waals surface area contributed by atoms with E-state index in [1.165, 1.54) is 5.56 Å². The molecule has 0 atom stereocenters. The van der Waals surface area contributed by atoms with Crippen molar-refractivity contribution in [2.45, 2.75) is 26.9 Å². The van der Waals surface area contributed by atoms with Gasteiger partial charge in [-0.3, -0.25) is 14.7 Å². The molecular formula is C26H24N2O4. The Morgan fingerprint density at radius 1 is 1.12 bits per heavy atom. The first-order valence-corrected chi connectivity index (χ1v) is 10.7. The van der Waals surface area contributed by atoms with E-state index < -0.39 is 0 Å². The van der Waals surface area contributed by atoms with E-state index in [4.69, 9.17) is 14.2 Å². The molecule has 2 aliphatic rings. The van der Waals surface area contributed by atoms with Crippen molar-refractivity contribution in [3.8, 4) is 17.2 Å². The van der Waals surface area contributed by atoms with Gasteiger partial charge in [0.15, 0.2) is 5.76 Å². The van der Waals surface area contributed by atoms with Crippen molar-refractivity contribution in [1.82, 2.24) is 9.88 Å². The van der Waals surface area contributed by atoms with E-state index in [0.717, 1.165) is 34.7 Å². The number of carbonyl (C=O) groups is 1. The summed E-state index contributed by atoms with van der Waals surface area (Å²) in [6.07, 6.45) is 5.35. The molecule has 2 aromatic carbocycles. The Bertz CT molecular complexity index is 1190. The number of hydrogen-bond donors (Lipinski definition) is 0. The lowest BCUT2D eigenvalue weighted by molar-refractivity contribution is 0.0876. The molecule has 3 heterocycles. The largest absolute Gasteiger partial charge is 0.494 e. The van der Waals surface area contributed by atoms with Crippen molar-refractivity contribution in [2.75, 3.05) is 13.3 Å². The molecule has 0 amide bonds. The van der Waals surface area contributed by atoms with Crippen molar-refractivity contribution in [3.63, 3.8) is 0 Å². The molecule has 0 N–H and O–H groups in total. The van der Waals surface area contributed by atoms with E-state index in [9.17, 15) is 4.79 Å². The van der Waals surface area contributed by atoms with Crippen molar-refractivity contribution in [2.24, 2.45) is 0 Å². The maximum Gasteiger partial charge on any atom is 0.231 e. The highest BCUT2D eigenvalue weighted by Crippen LogP contribution is 2.43. The van der Waals surface area contributed by atoms with Gasteiger partial charge in [0.05, 0.1) is 12.2 Å². The Balaban J connectivity index is 1.39. The number of fused-ring (bicyclic) bond motifs is 2. The summed E-state index contributed by atoms with van der Waals surface area (Å²) in [5.41, 5.74) is 4.51. The molecule has 32 heavy (non-hydrogen) atoms. The van der Waals surface area contributed by atoms with Crippen molar-refractivity contribution in [3.05, 3.63) is 88.4 Å². The fourth-order valence-corrected chi connectivity index (χ4v) is 4.12. The smallest absolute Gasteiger partial charge is 0.231 e. The summed E-state index contributed by atoms with van der Waals surface area (Å²) in [4.78, 5) is 19.4. The summed E-state index contributed by atoms with van der Waals surface area (Å²) in [6, 6.07) is 13.5. The molecule has 0 saturated carbocycles. The Morgan fingerprint density at radius 2 is 1.91 bits per heavy atom. The Hall–Kier alpha value is -3.64. The Kier molecular flexibility index (Phi) is 5.37. The molecule has 0 fully saturated rings. The number of aromatic nitrogens is 1. The normalized spacial score (nSPS) is 16.3. The van der Waals surface area contributed by atoms with E-state index in [1.54, 1.807) is 18.5 Å². The summed E-state index contributed by atoms with van der Waals surface area (Å²) in [6.45, 7) is 6.45. The zero-order chi connectivity index (χ0) is 22.1. The highest BCUT2D eigenvalue weighted by atomic mass is 16.5. The van der Waals surface area contributed by atoms with Crippen LogP contribution in [-0.4, -0.2) is 29.0 Å². The van der Waals surface area contributed by atoms with Crippen molar-refractivity contribution < 1.29 is 19.0 Å². The SMILES string of the molecule is CCOc1ccc(/C=C2\Oc3c(cc4c(c3C)OCN(Cc3ccncc3)C4)C2=O)cc1. The zero-order valence-electron chi connectivity index (χ0n) is 18.1. The maximum atomic E-state index is 13.1. The van der Waals surface area contributed by atoms with Crippen LogP contribution in [0.5, 0.6) is 17.2 Å². The minimum absolute atomic E-state index is 0.106. The predicted octanol–water partition coefficient (Wildman–Crippen LogP) is 4.76. The third-order valence-corrected chi connectivity index (χ3v) is 5.65. The van der Waals surface area contributed by atoms with E-state index in [1.807, 2.05) is 56.3 Å². The molecule has 6 heteroatoms. The van der Waals surface area contributed by atoms with Gasteiger partial charge in [0.1, 0.15) is 24.0 Å². The number of pyridine rings is 1. The molecule has 3 aromatic rings. The van der Waals surface area contributed by atoms with Crippen LogP contribution in [0.4, 0.5) is 0 Å². The van der Waals surface area contributed by atoms with E-state index in [0.29, 0.717) is 37.0 Å². The first kappa shape index (κ1) is 20.3. The lowest BCUT2D eigenvalue weighted by Crippen LogP contribution is -2.32. The second-order valence-electron chi connectivity index (χ2n) is 7.92. The van der Waals surface area contributed by atoms with Gasteiger partial charge >= 0.3 is 0 Å². The number of ether oxygens (including phenoxy) is 3. The van der Waals surface area contributed by atoms with Gasteiger partial charge in [-0.1, -0.05) is 12.1 Å². The number of rotatable bonds is 5. The molecule has 5 rings (SSSR count). The summed E-state index contributed by atoms with van der Waals surface area (Å²) in [7, 11) is 0. The summed E-state index contributed by atoms with van der Waals surface area (Å²) in [5.74, 6) is 2.42. The van der Waals surface area contributed by atoms with Gasteiger partial charge in [-0.15, -0.1) is 0 Å². The zero-order valence-corrected chi connectivity index (χ0v) is 18.1. The van der Waals surface area contributed by atoms with E-state index in [2.05, 4.69) is 9.88 Å². The molecule has 1 aromatic heterocycles. The number of ketones is 1. The highest BCUT2D eigenvalue weighted by Gasteiger charge is 2.33. The van der Waals surface area contributed by atoms with Crippen molar-refractivity contribution in [1.29, 1.82) is 0 Å². The number of nitrogens with zero attached hydrogens (tertiary/aromatic N) is 2. The standard InChI is InChI=1S/C26H24N2O4/c1-3-30-21-6-4-18(5-7-21)12-23-24(29)22-13-20-15-28(14-19-8-10-27-11-9-19)16-31-25(20)17(2)26(22)32-23/h4-13H,3,14-16H2,1-2H3/b23-12-. The molecule has 0 radical (unpaired) electrons. The van der Waals surface area contributed by atoms with Crippen LogP contribution in [0.15, 0.2) is 60.6 Å². The third-order valence-electron chi connectivity index (χ3n) is 5.65. The number of Topliss-reactive ketones (excluding diaryl/α,β-unsaturated/α-hetero) is 1. The highest BCUT2D eigenvalue weighted by molar-refractivity contribution is 6.15. The topological polar surface area (TPSA) is 60.9 Å². The van der Waals surface area contributed by atoms with E-state index >= 15 is 0 Å². The second kappa shape index (κ2) is 8.48. The molecule has 0 aliphatic carbocycles. The van der Waals surface area contributed by atoms with Crippen LogP contribution < -0.4 is 14.2 Å². The monoisotopic (exact) mass is 428 g/mol. The van der Waals surface area contributed by atoms with Crippen LogP contribution in [0.25, 0.3) is 6.08 Å².